The van der Waals surface area contributed by atoms with E-state index < -0.39 is 46.3 Å². The standard InChI is InChI=1S/C25H18F4NO3S2/c1-2-24(31)30-14(12-33-25(30)32)7-13-3-5-15(6-4-13)35-22-10-18(28)16(26)8-20(22)34-21-9-17(27)19(29)11-23(21)35/h3-6,8-11,14H,2,7,12H2,1H3/q+1/t14-/m1/s1. The number of amides is 2. The van der Waals surface area contributed by atoms with Gasteiger partial charge in [-0.15, -0.1) is 0 Å². The maximum Gasteiger partial charge on any atom is 0.416 e. The van der Waals surface area contributed by atoms with Gasteiger partial charge in [-0.05, 0) is 36.2 Å². The van der Waals surface area contributed by atoms with Crippen LogP contribution in [0.15, 0.2) is 73.0 Å². The van der Waals surface area contributed by atoms with Crippen LogP contribution in [0.1, 0.15) is 18.9 Å². The van der Waals surface area contributed by atoms with Gasteiger partial charge in [0.2, 0.25) is 5.91 Å². The van der Waals surface area contributed by atoms with E-state index in [1.165, 1.54) is 0 Å². The molecule has 2 aliphatic rings. The van der Waals surface area contributed by atoms with E-state index in [9.17, 15) is 27.2 Å². The van der Waals surface area contributed by atoms with Crippen molar-refractivity contribution in [2.24, 2.45) is 0 Å². The highest BCUT2D eigenvalue weighted by atomic mass is 32.2. The van der Waals surface area contributed by atoms with Crippen molar-refractivity contribution in [2.45, 2.75) is 50.3 Å². The summed E-state index contributed by atoms with van der Waals surface area (Å²) in [5.74, 6) is -4.37. The van der Waals surface area contributed by atoms with Crippen molar-refractivity contribution < 1.29 is 31.9 Å². The summed E-state index contributed by atoms with van der Waals surface area (Å²) in [6, 6.07) is 11.1. The minimum Gasteiger partial charge on any atom is -0.447 e. The van der Waals surface area contributed by atoms with E-state index in [4.69, 9.17) is 4.74 Å². The third-order valence-corrected chi connectivity index (χ3v) is 9.47. The van der Waals surface area contributed by atoms with Crippen LogP contribution in [0, 0.1) is 23.3 Å². The van der Waals surface area contributed by atoms with E-state index in [2.05, 4.69) is 0 Å². The van der Waals surface area contributed by atoms with E-state index in [-0.39, 0.29) is 18.9 Å². The minimum absolute atomic E-state index is 0.102. The van der Waals surface area contributed by atoms with Gasteiger partial charge in [-0.3, -0.25) is 4.79 Å². The fraction of sp³-hybridized carbons (Fsp3) is 0.200. The fourth-order valence-electron chi connectivity index (χ4n) is 4.11. The summed E-state index contributed by atoms with van der Waals surface area (Å²) in [6.45, 7) is 1.77. The second-order valence-corrected chi connectivity index (χ2v) is 11.1. The second-order valence-electron chi connectivity index (χ2n) is 8.03. The third-order valence-electron chi connectivity index (χ3n) is 5.80. The number of benzene rings is 3. The first kappa shape index (κ1) is 23.7. The summed E-state index contributed by atoms with van der Waals surface area (Å²) in [5, 5.41) is 0. The predicted molar refractivity (Wildman–Crippen MR) is 121 cm³/mol. The van der Waals surface area contributed by atoms with Crippen molar-refractivity contribution in [2.75, 3.05) is 6.61 Å². The molecule has 1 atom stereocenters. The lowest BCUT2D eigenvalue weighted by Gasteiger charge is -2.20. The maximum atomic E-state index is 14.2. The Morgan fingerprint density at radius 1 is 0.971 bits per heavy atom. The Balaban J connectivity index is 1.51. The molecular weight excluding hydrogens is 502 g/mol. The zero-order valence-electron chi connectivity index (χ0n) is 18.3. The van der Waals surface area contributed by atoms with Crippen molar-refractivity contribution in [1.82, 2.24) is 4.90 Å². The van der Waals surface area contributed by atoms with Gasteiger partial charge in [-0.1, -0.05) is 30.8 Å². The second kappa shape index (κ2) is 9.23. The van der Waals surface area contributed by atoms with Crippen LogP contribution in [0.3, 0.4) is 0 Å². The Labute approximate surface area is 205 Å². The largest absolute Gasteiger partial charge is 0.447 e. The van der Waals surface area contributed by atoms with Crippen LogP contribution < -0.4 is 0 Å². The topological polar surface area (TPSA) is 46.6 Å². The number of fused-ring (bicyclic) bond motifs is 2. The summed E-state index contributed by atoms with van der Waals surface area (Å²) >= 11 is 1.07. The van der Waals surface area contributed by atoms with Crippen molar-refractivity contribution >= 4 is 34.7 Å². The van der Waals surface area contributed by atoms with Gasteiger partial charge in [0.15, 0.2) is 38.0 Å². The molecule has 0 N–H and O–H groups in total. The maximum absolute atomic E-state index is 14.2. The molecule has 2 amide bonds. The van der Waals surface area contributed by atoms with Gasteiger partial charge in [-0.2, -0.15) is 0 Å². The van der Waals surface area contributed by atoms with Gasteiger partial charge in [0, 0.05) is 18.6 Å². The van der Waals surface area contributed by atoms with Crippen molar-refractivity contribution in [3.05, 3.63) is 77.4 Å². The highest BCUT2D eigenvalue weighted by Crippen LogP contribution is 2.49. The number of carbonyl (C=O) groups is 2. The molecule has 2 heterocycles. The van der Waals surface area contributed by atoms with E-state index in [1.807, 2.05) is 0 Å². The number of hydrogen-bond donors (Lipinski definition) is 0. The number of imide groups is 1. The first-order valence-corrected chi connectivity index (χ1v) is 12.8. The molecule has 180 valence electrons. The summed E-state index contributed by atoms with van der Waals surface area (Å²) in [5.41, 5.74) is 0.831. The molecule has 0 unspecified atom stereocenters. The molecule has 35 heavy (non-hydrogen) atoms. The molecule has 10 heteroatoms. The number of carbonyl (C=O) groups excluding carboxylic acids is 2. The summed E-state index contributed by atoms with van der Waals surface area (Å²) in [4.78, 5) is 27.7. The Kier molecular flexibility index (Phi) is 6.27. The molecule has 4 nitrogen and oxygen atoms in total. The summed E-state index contributed by atoms with van der Waals surface area (Å²) in [7, 11) is -1.01. The van der Waals surface area contributed by atoms with Gasteiger partial charge in [-0.25, -0.2) is 27.3 Å². The van der Waals surface area contributed by atoms with Gasteiger partial charge < -0.3 is 4.74 Å². The summed E-state index contributed by atoms with van der Waals surface area (Å²) in [6.07, 6.45) is -0.0939. The molecule has 0 aliphatic carbocycles. The Morgan fingerprint density at radius 3 is 2.06 bits per heavy atom. The lowest BCUT2D eigenvalue weighted by atomic mass is 10.1. The Morgan fingerprint density at radius 2 is 1.51 bits per heavy atom. The number of cyclic esters (lactones) is 1. The highest BCUT2D eigenvalue weighted by Gasteiger charge is 2.41. The number of nitrogens with zero attached hydrogens (tertiary/aromatic N) is 1. The van der Waals surface area contributed by atoms with Gasteiger partial charge >= 0.3 is 6.09 Å². The van der Waals surface area contributed by atoms with Crippen LogP contribution in [-0.4, -0.2) is 29.5 Å². The SMILES string of the molecule is CCC(=O)N1C(=O)OC[C@H]1Cc1ccc([S+]2c3cc(F)c(F)cc3Sc3cc(F)c(F)cc32)cc1. The van der Waals surface area contributed by atoms with E-state index in [1.54, 1.807) is 31.2 Å². The molecule has 0 radical (unpaired) electrons. The van der Waals surface area contributed by atoms with E-state index >= 15 is 0 Å². The van der Waals surface area contributed by atoms with Gasteiger partial charge in [0.25, 0.3) is 0 Å². The van der Waals surface area contributed by atoms with Crippen LogP contribution in [0.5, 0.6) is 0 Å². The summed E-state index contributed by atoms with van der Waals surface area (Å²) < 4.78 is 61.3. The first-order valence-electron chi connectivity index (χ1n) is 10.7. The normalized spacial score (nSPS) is 17.2. The van der Waals surface area contributed by atoms with Crippen LogP contribution in [0.2, 0.25) is 0 Å². The quantitative estimate of drug-likeness (QED) is 0.241. The molecule has 2 aliphatic heterocycles. The van der Waals surface area contributed by atoms with Crippen molar-refractivity contribution in [3.63, 3.8) is 0 Å². The molecule has 0 spiro atoms. The van der Waals surface area contributed by atoms with Crippen molar-refractivity contribution in [3.8, 4) is 0 Å². The van der Waals surface area contributed by atoms with Gasteiger partial charge in [0.05, 0.1) is 15.8 Å². The lowest BCUT2D eigenvalue weighted by molar-refractivity contribution is -0.128. The molecular formula is C25H18F4NO3S2+. The number of hydrogen-bond acceptors (Lipinski definition) is 4. The number of halogens is 4. The van der Waals surface area contributed by atoms with Crippen LogP contribution in [-0.2, 0) is 26.8 Å². The number of rotatable bonds is 4. The molecule has 0 saturated carbocycles. The molecule has 1 fully saturated rings. The molecule has 5 rings (SSSR count). The molecule has 1 saturated heterocycles. The first-order chi connectivity index (χ1) is 16.8. The molecule has 0 aromatic heterocycles. The highest BCUT2D eigenvalue weighted by molar-refractivity contribution is 8.04. The Bertz CT molecular complexity index is 1290. The number of ether oxygens (including phenoxy) is 1. The molecule has 0 bridgehead atoms. The van der Waals surface area contributed by atoms with E-state index in [0.717, 1.165) is 46.5 Å². The predicted octanol–water partition coefficient (Wildman–Crippen LogP) is 6.10. The third kappa shape index (κ3) is 4.29. The zero-order chi connectivity index (χ0) is 24.9. The van der Waals surface area contributed by atoms with Crippen molar-refractivity contribution in [1.29, 1.82) is 0 Å². The van der Waals surface area contributed by atoms with Crippen LogP contribution in [0.25, 0.3) is 0 Å². The minimum atomic E-state index is -1.02. The Hall–Kier alpha value is -2.98. The fourth-order valence-corrected chi connectivity index (χ4v) is 7.86. The van der Waals surface area contributed by atoms with Crippen LogP contribution in [0.4, 0.5) is 22.4 Å². The molecule has 3 aromatic rings. The molecule has 3 aromatic carbocycles. The average Bonchev–Trinajstić information content (AvgIpc) is 3.20. The smallest absolute Gasteiger partial charge is 0.416 e. The zero-order valence-corrected chi connectivity index (χ0v) is 20.0. The average molecular weight is 521 g/mol. The van der Waals surface area contributed by atoms with Crippen LogP contribution >= 0.6 is 11.8 Å². The van der Waals surface area contributed by atoms with Gasteiger partial charge in [0.1, 0.15) is 17.5 Å². The monoisotopic (exact) mass is 520 g/mol. The van der Waals surface area contributed by atoms with E-state index in [0.29, 0.717) is 30.9 Å². The lowest BCUT2D eigenvalue weighted by Crippen LogP contribution is -2.39.